The summed E-state index contributed by atoms with van der Waals surface area (Å²) in [6, 6.07) is 14.2. The van der Waals surface area contributed by atoms with E-state index in [1.807, 2.05) is 25.1 Å². The van der Waals surface area contributed by atoms with Gasteiger partial charge in [-0.2, -0.15) is 0 Å². The summed E-state index contributed by atoms with van der Waals surface area (Å²) in [5.41, 5.74) is 3.48. The molecule has 2 N–H and O–H groups in total. The van der Waals surface area contributed by atoms with Crippen LogP contribution in [-0.2, 0) is 4.79 Å². The van der Waals surface area contributed by atoms with Crippen molar-refractivity contribution < 1.29 is 34.1 Å². The second kappa shape index (κ2) is 13.7. The van der Waals surface area contributed by atoms with Crippen LogP contribution in [-0.4, -0.2) is 71.2 Å². The van der Waals surface area contributed by atoms with E-state index in [4.69, 9.17) is 9.47 Å². The van der Waals surface area contributed by atoms with Gasteiger partial charge in [0, 0.05) is 36.8 Å². The first-order valence-electron chi connectivity index (χ1n) is 14.2. The normalized spacial score (nSPS) is 14.1. The van der Waals surface area contributed by atoms with E-state index in [9.17, 15) is 24.6 Å². The SMILES string of the molecule is COc1cc(-c2ccc(C(=O)Oc3cccc([C@H](C4CC4)[C@H](C)C(C)=O)c3)c(C)c2)c(C(=O)N(CCO)CCO)cn1. The Bertz CT molecular complexity index is 1440. The Labute approximate surface area is 246 Å². The average Bonchev–Trinajstić information content (AvgIpc) is 3.81. The van der Waals surface area contributed by atoms with E-state index < -0.39 is 11.9 Å². The topological polar surface area (TPSA) is 126 Å². The minimum Gasteiger partial charge on any atom is -0.481 e. The molecule has 0 aliphatic heterocycles. The second-order valence-electron chi connectivity index (χ2n) is 10.8. The zero-order valence-corrected chi connectivity index (χ0v) is 24.5. The Morgan fingerprint density at radius 3 is 2.33 bits per heavy atom. The molecule has 2 atom stereocenters. The van der Waals surface area contributed by atoms with Crippen LogP contribution in [0.15, 0.2) is 54.7 Å². The van der Waals surface area contributed by atoms with Gasteiger partial charge in [-0.3, -0.25) is 9.59 Å². The van der Waals surface area contributed by atoms with Gasteiger partial charge in [-0.05, 0) is 73.4 Å². The molecular weight excluding hydrogens is 536 g/mol. The van der Waals surface area contributed by atoms with Gasteiger partial charge in [-0.15, -0.1) is 0 Å². The predicted octanol–water partition coefficient (Wildman–Crippen LogP) is 4.43. The molecule has 1 aromatic heterocycles. The molecule has 2 aromatic carbocycles. The molecule has 0 spiro atoms. The van der Waals surface area contributed by atoms with Crippen molar-refractivity contribution in [2.45, 2.75) is 39.5 Å². The summed E-state index contributed by atoms with van der Waals surface area (Å²) in [5.74, 6) is 0.420. The highest BCUT2D eigenvalue weighted by Gasteiger charge is 2.37. The highest BCUT2D eigenvalue weighted by Crippen LogP contribution is 2.47. The standard InChI is InChI=1S/C33H38N2O7/c1-20-16-24(28-18-30(41-4)34-19-29(28)32(39)35(12-14-36)13-15-37)10-11-27(20)33(40)42-26-7-5-6-25(17-26)31(23-8-9-23)21(2)22(3)38/h5-7,10-11,16-19,21,23,31,36-37H,8-9,12-15H2,1-4H3/t21-,31+/m1/s1. The fraction of sp³-hybridized carbons (Fsp3) is 0.394. The number of pyridine rings is 1. The van der Waals surface area contributed by atoms with E-state index in [2.05, 4.69) is 4.98 Å². The van der Waals surface area contributed by atoms with Crippen molar-refractivity contribution >= 4 is 17.7 Å². The number of aliphatic hydroxyl groups is 2. The summed E-state index contributed by atoms with van der Waals surface area (Å²) < 4.78 is 11.1. The van der Waals surface area contributed by atoms with Crippen LogP contribution in [0.5, 0.6) is 11.6 Å². The van der Waals surface area contributed by atoms with E-state index in [1.54, 1.807) is 44.2 Å². The molecule has 1 aliphatic carbocycles. The molecule has 4 rings (SSSR count). The molecule has 1 fully saturated rings. The van der Waals surface area contributed by atoms with Crippen LogP contribution in [0.25, 0.3) is 11.1 Å². The van der Waals surface area contributed by atoms with Gasteiger partial charge in [-0.1, -0.05) is 31.2 Å². The van der Waals surface area contributed by atoms with Crippen molar-refractivity contribution in [3.63, 3.8) is 0 Å². The molecule has 9 heteroatoms. The van der Waals surface area contributed by atoms with E-state index in [1.165, 1.54) is 18.2 Å². The van der Waals surface area contributed by atoms with E-state index in [-0.39, 0.29) is 49.5 Å². The van der Waals surface area contributed by atoms with E-state index in [0.717, 1.165) is 18.4 Å². The molecule has 9 nitrogen and oxygen atoms in total. The monoisotopic (exact) mass is 574 g/mol. The summed E-state index contributed by atoms with van der Waals surface area (Å²) in [6.45, 7) is 5.00. The number of nitrogens with zero attached hydrogens (tertiary/aromatic N) is 2. The number of aromatic nitrogens is 1. The van der Waals surface area contributed by atoms with Crippen molar-refractivity contribution in [1.29, 1.82) is 0 Å². The van der Waals surface area contributed by atoms with Crippen LogP contribution in [0.2, 0.25) is 0 Å². The minimum absolute atomic E-state index is 0.0605. The summed E-state index contributed by atoms with van der Waals surface area (Å²) in [6.07, 6.45) is 3.59. The molecule has 222 valence electrons. The third-order valence-electron chi connectivity index (χ3n) is 7.87. The molecule has 3 aromatic rings. The first kappa shape index (κ1) is 30.9. The maximum Gasteiger partial charge on any atom is 0.343 e. The van der Waals surface area contributed by atoms with Crippen LogP contribution in [0.1, 0.15) is 64.4 Å². The number of esters is 1. The maximum absolute atomic E-state index is 13.3. The number of ether oxygens (including phenoxy) is 2. The molecule has 0 bridgehead atoms. The lowest BCUT2D eigenvalue weighted by molar-refractivity contribution is -0.121. The summed E-state index contributed by atoms with van der Waals surface area (Å²) in [5, 5.41) is 18.8. The zero-order chi connectivity index (χ0) is 30.4. The number of methoxy groups -OCH3 is 1. The van der Waals surface area contributed by atoms with Crippen LogP contribution < -0.4 is 9.47 Å². The number of ketones is 1. The third-order valence-corrected chi connectivity index (χ3v) is 7.87. The van der Waals surface area contributed by atoms with Gasteiger partial charge in [0.05, 0.1) is 31.5 Å². The lowest BCUT2D eigenvalue weighted by Crippen LogP contribution is -2.36. The molecule has 1 amide bonds. The smallest absolute Gasteiger partial charge is 0.343 e. The molecule has 1 aliphatic rings. The van der Waals surface area contributed by atoms with Crippen molar-refractivity contribution in [1.82, 2.24) is 9.88 Å². The van der Waals surface area contributed by atoms with Crippen molar-refractivity contribution in [3.8, 4) is 22.8 Å². The number of Topliss-reactive ketones (excluding diaryl/α,β-unsaturated/α-hetero) is 1. The molecule has 1 heterocycles. The van der Waals surface area contributed by atoms with Crippen molar-refractivity contribution in [3.05, 3.63) is 77.0 Å². The molecule has 42 heavy (non-hydrogen) atoms. The first-order chi connectivity index (χ1) is 20.2. The number of aryl methyl sites for hydroxylation is 1. The van der Waals surface area contributed by atoms with Crippen LogP contribution in [0.3, 0.4) is 0 Å². The van der Waals surface area contributed by atoms with Crippen LogP contribution in [0, 0.1) is 18.8 Å². The quantitative estimate of drug-likeness (QED) is 0.227. The van der Waals surface area contributed by atoms with Crippen LogP contribution >= 0.6 is 0 Å². The van der Waals surface area contributed by atoms with Crippen molar-refractivity contribution in [2.75, 3.05) is 33.4 Å². The summed E-state index contributed by atoms with van der Waals surface area (Å²) in [7, 11) is 1.48. The highest BCUT2D eigenvalue weighted by molar-refractivity contribution is 6.01. The number of hydrogen-bond acceptors (Lipinski definition) is 8. The molecular formula is C33H38N2O7. The van der Waals surface area contributed by atoms with E-state index in [0.29, 0.717) is 39.8 Å². The highest BCUT2D eigenvalue weighted by atomic mass is 16.5. The van der Waals surface area contributed by atoms with Gasteiger partial charge in [0.2, 0.25) is 5.88 Å². The Kier molecular flexibility index (Phi) is 10.1. The fourth-order valence-corrected chi connectivity index (χ4v) is 5.37. The number of hydrogen-bond donors (Lipinski definition) is 2. The lowest BCUT2D eigenvalue weighted by Gasteiger charge is -2.23. The number of aliphatic hydroxyl groups excluding tert-OH is 2. The average molecular weight is 575 g/mol. The number of carbonyl (C=O) groups excluding carboxylic acids is 3. The maximum atomic E-state index is 13.3. The molecule has 1 saturated carbocycles. The third kappa shape index (κ3) is 7.03. The Morgan fingerprint density at radius 2 is 1.74 bits per heavy atom. The largest absolute Gasteiger partial charge is 0.481 e. The van der Waals surface area contributed by atoms with E-state index >= 15 is 0 Å². The Morgan fingerprint density at radius 1 is 1.02 bits per heavy atom. The predicted molar refractivity (Wildman–Crippen MR) is 158 cm³/mol. The lowest BCUT2D eigenvalue weighted by atomic mass is 9.81. The second-order valence-corrected chi connectivity index (χ2v) is 10.8. The zero-order valence-electron chi connectivity index (χ0n) is 24.5. The van der Waals surface area contributed by atoms with Gasteiger partial charge < -0.3 is 24.6 Å². The first-order valence-corrected chi connectivity index (χ1v) is 14.2. The Hall–Kier alpha value is -4.08. The Balaban J connectivity index is 1.60. The van der Waals surface area contributed by atoms with Crippen LogP contribution in [0.4, 0.5) is 0 Å². The number of amides is 1. The fourth-order valence-electron chi connectivity index (χ4n) is 5.37. The van der Waals surface area contributed by atoms with Gasteiger partial charge in [0.1, 0.15) is 11.5 Å². The summed E-state index contributed by atoms with van der Waals surface area (Å²) >= 11 is 0. The van der Waals surface area contributed by atoms with Crippen molar-refractivity contribution in [2.24, 2.45) is 11.8 Å². The van der Waals surface area contributed by atoms with Gasteiger partial charge in [-0.25, -0.2) is 9.78 Å². The number of benzene rings is 2. The summed E-state index contributed by atoms with van der Waals surface area (Å²) in [4.78, 5) is 44.3. The van der Waals surface area contributed by atoms with Gasteiger partial charge >= 0.3 is 5.97 Å². The van der Waals surface area contributed by atoms with Gasteiger partial charge in [0.15, 0.2) is 0 Å². The molecule has 0 unspecified atom stereocenters. The number of rotatable bonds is 13. The number of carbonyl (C=O) groups is 3. The van der Waals surface area contributed by atoms with Gasteiger partial charge in [0.25, 0.3) is 5.91 Å². The molecule has 0 saturated heterocycles. The molecule has 0 radical (unpaired) electrons. The minimum atomic E-state index is -0.514.